The number of tetrazole rings is 1. The Morgan fingerprint density at radius 2 is 2.14 bits per heavy atom. The zero-order valence-corrected chi connectivity index (χ0v) is 15.6. The SMILES string of the molecule is O=C(N[C@H]1CCCc2c1[nH]c1c(Cl)cccc21)c1cccc(-n2cnnn2)c1. The molecular weight excluding hydrogens is 376 g/mol. The van der Waals surface area contributed by atoms with Crippen LogP contribution in [0, 0.1) is 0 Å². The molecule has 2 aromatic heterocycles. The molecule has 2 N–H and O–H groups in total. The van der Waals surface area contributed by atoms with E-state index in [2.05, 4.69) is 31.9 Å². The second-order valence-electron chi connectivity index (χ2n) is 6.90. The van der Waals surface area contributed by atoms with Gasteiger partial charge in [0.05, 0.1) is 22.3 Å². The number of aromatic nitrogens is 5. The Balaban J connectivity index is 1.45. The summed E-state index contributed by atoms with van der Waals surface area (Å²) in [6, 6.07) is 13.1. The second kappa shape index (κ2) is 6.76. The molecule has 0 saturated heterocycles. The Bertz CT molecular complexity index is 1170. The van der Waals surface area contributed by atoms with Gasteiger partial charge in [-0.3, -0.25) is 4.79 Å². The first kappa shape index (κ1) is 16.9. The van der Waals surface area contributed by atoms with Gasteiger partial charge in [-0.15, -0.1) is 5.10 Å². The van der Waals surface area contributed by atoms with E-state index in [9.17, 15) is 4.79 Å². The van der Waals surface area contributed by atoms with Crippen LogP contribution in [-0.2, 0) is 6.42 Å². The number of para-hydroxylation sites is 1. The van der Waals surface area contributed by atoms with Gasteiger partial charge in [-0.1, -0.05) is 29.8 Å². The molecule has 0 spiro atoms. The minimum atomic E-state index is -0.127. The maximum Gasteiger partial charge on any atom is 0.251 e. The van der Waals surface area contributed by atoms with Crippen LogP contribution in [0.2, 0.25) is 5.02 Å². The number of benzene rings is 2. The van der Waals surface area contributed by atoms with Crippen molar-refractivity contribution < 1.29 is 4.79 Å². The fraction of sp³-hybridized carbons (Fsp3) is 0.200. The molecule has 0 fully saturated rings. The summed E-state index contributed by atoms with van der Waals surface area (Å²) < 4.78 is 1.52. The predicted molar refractivity (Wildman–Crippen MR) is 106 cm³/mol. The minimum Gasteiger partial charge on any atom is -0.355 e. The number of rotatable bonds is 3. The fourth-order valence-corrected chi connectivity index (χ4v) is 4.13. The van der Waals surface area contributed by atoms with Crippen molar-refractivity contribution in [1.29, 1.82) is 0 Å². The lowest BCUT2D eigenvalue weighted by atomic mass is 9.91. The van der Waals surface area contributed by atoms with E-state index in [0.29, 0.717) is 10.6 Å². The molecule has 8 heteroatoms. The number of carbonyl (C=O) groups excluding carboxylic acids is 1. The van der Waals surface area contributed by atoms with Crippen LogP contribution in [0.15, 0.2) is 48.8 Å². The highest BCUT2D eigenvalue weighted by atomic mass is 35.5. The molecule has 4 aromatic rings. The normalized spacial score (nSPS) is 16.1. The van der Waals surface area contributed by atoms with Crippen LogP contribution in [0.4, 0.5) is 0 Å². The lowest BCUT2D eigenvalue weighted by Gasteiger charge is -2.24. The summed E-state index contributed by atoms with van der Waals surface area (Å²) in [5.41, 5.74) is 4.54. The fourth-order valence-electron chi connectivity index (χ4n) is 3.91. The molecule has 1 aliphatic carbocycles. The Morgan fingerprint density at radius 1 is 1.25 bits per heavy atom. The average Bonchev–Trinajstić information content (AvgIpc) is 3.38. The quantitative estimate of drug-likeness (QED) is 0.557. The molecule has 1 amide bonds. The maximum atomic E-state index is 12.9. The Hall–Kier alpha value is -3.19. The van der Waals surface area contributed by atoms with Crippen molar-refractivity contribution in [1.82, 2.24) is 30.5 Å². The predicted octanol–water partition coefficient (Wildman–Crippen LogP) is 3.60. The molecule has 1 atom stereocenters. The molecule has 5 rings (SSSR count). The molecule has 0 radical (unpaired) electrons. The first-order valence-corrected chi connectivity index (χ1v) is 9.52. The molecule has 1 aliphatic rings. The van der Waals surface area contributed by atoms with E-state index in [1.165, 1.54) is 16.6 Å². The molecule has 0 bridgehead atoms. The van der Waals surface area contributed by atoms with Gasteiger partial charge in [-0.25, -0.2) is 4.68 Å². The van der Waals surface area contributed by atoms with Gasteiger partial charge < -0.3 is 10.3 Å². The van der Waals surface area contributed by atoms with Gasteiger partial charge >= 0.3 is 0 Å². The number of fused-ring (bicyclic) bond motifs is 3. The molecule has 2 heterocycles. The van der Waals surface area contributed by atoms with Crippen LogP contribution in [-0.4, -0.2) is 31.1 Å². The van der Waals surface area contributed by atoms with Crippen molar-refractivity contribution in [3.8, 4) is 5.69 Å². The van der Waals surface area contributed by atoms with Crippen LogP contribution < -0.4 is 5.32 Å². The van der Waals surface area contributed by atoms with Gasteiger partial charge in [0.15, 0.2) is 0 Å². The number of halogens is 1. The van der Waals surface area contributed by atoms with E-state index in [4.69, 9.17) is 11.6 Å². The Kier molecular flexibility index (Phi) is 4.09. The standard InChI is InChI=1S/C20H17ClN6O/c21-16-8-2-6-14-15-7-3-9-17(19(15)24-18(14)16)23-20(28)12-4-1-5-13(10-12)27-11-22-25-26-27/h1-2,4-6,8,10-11,17,24H,3,7,9H2,(H,23,28)/t17-/m0/s1. The number of aromatic amines is 1. The van der Waals surface area contributed by atoms with Crippen molar-refractivity contribution in [2.75, 3.05) is 0 Å². The van der Waals surface area contributed by atoms with Gasteiger partial charge in [-0.05, 0) is 59.5 Å². The third-order valence-electron chi connectivity index (χ3n) is 5.22. The second-order valence-corrected chi connectivity index (χ2v) is 7.31. The number of H-pyrrole nitrogens is 1. The number of nitrogens with zero attached hydrogens (tertiary/aromatic N) is 4. The van der Waals surface area contributed by atoms with Crippen LogP contribution in [0.1, 0.15) is 40.5 Å². The Morgan fingerprint density at radius 3 is 3.00 bits per heavy atom. The maximum absolute atomic E-state index is 12.9. The third-order valence-corrected chi connectivity index (χ3v) is 5.53. The number of aryl methyl sites for hydroxylation is 1. The molecule has 0 unspecified atom stereocenters. The van der Waals surface area contributed by atoms with Crippen LogP contribution in [0.5, 0.6) is 0 Å². The van der Waals surface area contributed by atoms with Crippen molar-refractivity contribution >= 4 is 28.4 Å². The number of nitrogens with one attached hydrogen (secondary N) is 2. The molecule has 7 nitrogen and oxygen atoms in total. The van der Waals surface area contributed by atoms with E-state index in [0.717, 1.165) is 41.5 Å². The summed E-state index contributed by atoms with van der Waals surface area (Å²) in [7, 11) is 0. The zero-order chi connectivity index (χ0) is 19.1. The molecule has 140 valence electrons. The summed E-state index contributed by atoms with van der Waals surface area (Å²) in [4.78, 5) is 16.4. The van der Waals surface area contributed by atoms with Gasteiger partial charge in [0.25, 0.3) is 5.91 Å². The number of amides is 1. The summed E-state index contributed by atoms with van der Waals surface area (Å²) in [6.45, 7) is 0. The van der Waals surface area contributed by atoms with Crippen molar-refractivity contribution in [3.63, 3.8) is 0 Å². The summed E-state index contributed by atoms with van der Waals surface area (Å²) >= 11 is 6.36. The zero-order valence-electron chi connectivity index (χ0n) is 14.9. The molecule has 0 saturated carbocycles. The smallest absolute Gasteiger partial charge is 0.251 e. The highest BCUT2D eigenvalue weighted by molar-refractivity contribution is 6.35. The summed E-state index contributed by atoms with van der Waals surface area (Å²) in [5, 5.41) is 16.2. The van der Waals surface area contributed by atoms with Crippen molar-refractivity contribution in [2.24, 2.45) is 0 Å². The third kappa shape index (κ3) is 2.84. The summed E-state index contributed by atoms with van der Waals surface area (Å²) in [6.07, 6.45) is 4.38. The summed E-state index contributed by atoms with van der Waals surface area (Å²) in [5.74, 6) is -0.127. The number of carbonyl (C=O) groups is 1. The van der Waals surface area contributed by atoms with Gasteiger partial charge in [0, 0.05) is 16.6 Å². The van der Waals surface area contributed by atoms with E-state index in [-0.39, 0.29) is 11.9 Å². The number of hydrogen-bond donors (Lipinski definition) is 2. The van der Waals surface area contributed by atoms with Crippen molar-refractivity contribution in [3.05, 3.63) is 70.6 Å². The first-order valence-electron chi connectivity index (χ1n) is 9.14. The monoisotopic (exact) mass is 392 g/mol. The lowest BCUT2D eigenvalue weighted by Crippen LogP contribution is -2.31. The number of hydrogen-bond acceptors (Lipinski definition) is 4. The largest absolute Gasteiger partial charge is 0.355 e. The van der Waals surface area contributed by atoms with Crippen molar-refractivity contribution in [2.45, 2.75) is 25.3 Å². The molecular formula is C20H17ClN6O. The average molecular weight is 393 g/mol. The first-order chi connectivity index (χ1) is 13.7. The minimum absolute atomic E-state index is 0.0728. The molecule has 2 aromatic carbocycles. The highest BCUT2D eigenvalue weighted by Gasteiger charge is 2.26. The van der Waals surface area contributed by atoms with Crippen LogP contribution in [0.3, 0.4) is 0 Å². The topological polar surface area (TPSA) is 88.5 Å². The van der Waals surface area contributed by atoms with E-state index < -0.39 is 0 Å². The molecule has 28 heavy (non-hydrogen) atoms. The Labute approximate surface area is 165 Å². The van der Waals surface area contributed by atoms with Crippen LogP contribution in [0.25, 0.3) is 16.6 Å². The van der Waals surface area contributed by atoms with E-state index in [1.807, 2.05) is 24.3 Å². The van der Waals surface area contributed by atoms with E-state index >= 15 is 0 Å². The molecule has 0 aliphatic heterocycles. The van der Waals surface area contributed by atoms with Gasteiger partial charge in [-0.2, -0.15) is 0 Å². The lowest BCUT2D eigenvalue weighted by molar-refractivity contribution is 0.0932. The van der Waals surface area contributed by atoms with Gasteiger partial charge in [0.1, 0.15) is 6.33 Å². The van der Waals surface area contributed by atoms with Gasteiger partial charge in [0.2, 0.25) is 0 Å². The van der Waals surface area contributed by atoms with E-state index in [1.54, 1.807) is 12.1 Å². The van der Waals surface area contributed by atoms with Crippen LogP contribution >= 0.6 is 11.6 Å². The highest BCUT2D eigenvalue weighted by Crippen LogP contribution is 2.37.